The van der Waals surface area contributed by atoms with E-state index in [1.807, 2.05) is 18.2 Å². The molecule has 9 heteroatoms. The number of thioether (sulfide) groups is 1. The molecule has 136 valence electrons. The maximum absolute atomic E-state index is 12.5. The number of rotatable bonds is 3. The van der Waals surface area contributed by atoms with Crippen LogP contribution in [0.1, 0.15) is 15.2 Å². The van der Waals surface area contributed by atoms with Crippen LogP contribution >= 0.6 is 23.1 Å². The van der Waals surface area contributed by atoms with Crippen molar-refractivity contribution in [3.05, 3.63) is 52.5 Å². The van der Waals surface area contributed by atoms with E-state index in [0.717, 1.165) is 10.6 Å². The van der Waals surface area contributed by atoms with Gasteiger partial charge in [0.15, 0.2) is 0 Å². The minimum absolute atomic E-state index is 0.133. The van der Waals surface area contributed by atoms with Gasteiger partial charge in [-0.1, -0.05) is 18.2 Å². The second kappa shape index (κ2) is 6.90. The number of carboxylic acid groups (broad SMARTS) is 1. The normalized spacial score (nSPS) is 27.8. The van der Waals surface area contributed by atoms with E-state index in [1.54, 1.807) is 35.6 Å². The molecule has 3 N–H and O–H groups in total. The predicted octanol–water partition coefficient (Wildman–Crippen LogP) is 2.00. The zero-order chi connectivity index (χ0) is 18.1. The van der Waals surface area contributed by atoms with Gasteiger partial charge in [-0.3, -0.25) is 15.1 Å². The molecule has 3 atom stereocenters. The molecule has 0 aliphatic carbocycles. The number of carbonyl (C=O) groups is 2. The van der Waals surface area contributed by atoms with Crippen molar-refractivity contribution in [2.24, 2.45) is 5.92 Å². The van der Waals surface area contributed by atoms with E-state index >= 15 is 0 Å². The Morgan fingerprint density at radius 2 is 2.15 bits per heavy atom. The summed E-state index contributed by atoms with van der Waals surface area (Å²) in [6.07, 6.45) is 0.877. The highest BCUT2D eigenvalue weighted by molar-refractivity contribution is 7.99. The third-order valence-electron chi connectivity index (χ3n) is 4.87. The Morgan fingerprint density at radius 1 is 1.35 bits per heavy atom. The second-order valence-electron chi connectivity index (χ2n) is 6.39. The first-order chi connectivity index (χ1) is 12.6. The monoisotopic (exact) mass is 390 g/mol. The minimum Gasteiger partial charge on any atom is -0.465 e. The average Bonchev–Trinajstić information content (AvgIpc) is 3.30. The second-order valence-corrected chi connectivity index (χ2v) is 8.42. The molecular formula is C17H18N4O3S2. The van der Waals surface area contributed by atoms with Crippen molar-refractivity contribution >= 4 is 35.1 Å². The topological polar surface area (TPSA) is 94.6 Å². The minimum atomic E-state index is -0.917. The molecule has 2 aliphatic heterocycles. The highest BCUT2D eigenvalue weighted by atomic mass is 32.2. The van der Waals surface area contributed by atoms with Crippen molar-refractivity contribution in [3.8, 4) is 0 Å². The molecule has 2 saturated heterocycles. The molecule has 1 aromatic heterocycles. The van der Waals surface area contributed by atoms with Crippen LogP contribution in [0.3, 0.4) is 0 Å². The van der Waals surface area contributed by atoms with Gasteiger partial charge in [0.25, 0.3) is 5.91 Å². The van der Waals surface area contributed by atoms with Gasteiger partial charge in [-0.05, 0) is 12.1 Å². The molecule has 2 aromatic rings. The predicted molar refractivity (Wildman–Crippen MR) is 100 cm³/mol. The van der Waals surface area contributed by atoms with Crippen LogP contribution in [0.25, 0.3) is 0 Å². The lowest BCUT2D eigenvalue weighted by molar-refractivity contribution is 0.0932. The van der Waals surface area contributed by atoms with E-state index in [1.165, 1.54) is 16.2 Å². The zero-order valence-electron chi connectivity index (χ0n) is 13.8. The lowest BCUT2D eigenvalue weighted by Gasteiger charge is -2.42. The molecule has 4 rings (SSSR count). The summed E-state index contributed by atoms with van der Waals surface area (Å²) < 4.78 is 0. The molecule has 1 unspecified atom stereocenters. The lowest BCUT2D eigenvalue weighted by atomic mass is 9.87. The maximum Gasteiger partial charge on any atom is 0.407 e. The van der Waals surface area contributed by atoms with Gasteiger partial charge < -0.3 is 15.3 Å². The summed E-state index contributed by atoms with van der Waals surface area (Å²) in [7, 11) is 0. The number of nitrogens with one attached hydrogen (secondary N) is 2. The largest absolute Gasteiger partial charge is 0.465 e. The molecule has 26 heavy (non-hydrogen) atoms. The number of thiazole rings is 1. The van der Waals surface area contributed by atoms with E-state index in [4.69, 9.17) is 0 Å². The van der Waals surface area contributed by atoms with Crippen molar-refractivity contribution in [1.29, 1.82) is 0 Å². The molecule has 7 nitrogen and oxygen atoms in total. The number of fused-ring (bicyclic) bond motifs is 1. The Balaban J connectivity index is 1.56. The molecule has 2 aliphatic rings. The molecule has 2 amide bonds. The third-order valence-corrected chi connectivity index (χ3v) is 6.99. The number of amides is 2. The number of benzene rings is 1. The van der Waals surface area contributed by atoms with Crippen LogP contribution in [0.5, 0.6) is 0 Å². The van der Waals surface area contributed by atoms with E-state index in [9.17, 15) is 14.7 Å². The molecule has 2 fully saturated rings. The number of carbonyl (C=O) groups excluding carboxylic acids is 1. The van der Waals surface area contributed by atoms with Crippen LogP contribution in [0.2, 0.25) is 0 Å². The van der Waals surface area contributed by atoms with Crippen LogP contribution in [0.4, 0.5) is 4.79 Å². The van der Waals surface area contributed by atoms with Crippen LogP contribution in [0, 0.1) is 5.92 Å². The SMILES string of the molecule is O=C(NC1N[C@@]2(c3cncs3)CN(C(=O)O)C[C@H]2CS1)c1ccccc1. The summed E-state index contributed by atoms with van der Waals surface area (Å²) in [5.74, 6) is 0.740. The van der Waals surface area contributed by atoms with Gasteiger partial charge >= 0.3 is 6.09 Å². The van der Waals surface area contributed by atoms with Crippen molar-refractivity contribution in [2.75, 3.05) is 18.8 Å². The molecule has 3 heterocycles. The molecule has 1 aromatic carbocycles. The highest BCUT2D eigenvalue weighted by Crippen LogP contribution is 2.44. The zero-order valence-corrected chi connectivity index (χ0v) is 15.4. The van der Waals surface area contributed by atoms with E-state index in [-0.39, 0.29) is 17.3 Å². The summed E-state index contributed by atoms with van der Waals surface area (Å²) in [6.45, 7) is 0.833. The summed E-state index contributed by atoms with van der Waals surface area (Å²) in [5, 5.41) is 16.0. The number of likely N-dealkylation sites (tertiary alicyclic amines) is 1. The van der Waals surface area contributed by atoms with Crippen LogP contribution in [-0.2, 0) is 5.54 Å². The van der Waals surface area contributed by atoms with Gasteiger partial charge in [-0.25, -0.2) is 4.79 Å². The fourth-order valence-electron chi connectivity index (χ4n) is 3.56. The number of nitrogens with zero attached hydrogens (tertiary/aromatic N) is 2. The summed E-state index contributed by atoms with van der Waals surface area (Å²) >= 11 is 3.11. The van der Waals surface area contributed by atoms with Crippen molar-refractivity contribution in [1.82, 2.24) is 20.5 Å². The number of hydrogen-bond donors (Lipinski definition) is 3. The van der Waals surface area contributed by atoms with Crippen molar-refractivity contribution in [2.45, 2.75) is 11.0 Å². The molecule has 0 spiro atoms. The number of hydrogen-bond acceptors (Lipinski definition) is 6. The number of aromatic nitrogens is 1. The first kappa shape index (κ1) is 17.3. The van der Waals surface area contributed by atoms with E-state index < -0.39 is 11.6 Å². The van der Waals surface area contributed by atoms with Crippen LogP contribution < -0.4 is 10.6 Å². The van der Waals surface area contributed by atoms with E-state index in [2.05, 4.69) is 15.6 Å². The molecular weight excluding hydrogens is 372 g/mol. The van der Waals surface area contributed by atoms with E-state index in [0.29, 0.717) is 18.7 Å². The lowest BCUT2D eigenvalue weighted by Crippen LogP contribution is -2.60. The first-order valence-electron chi connectivity index (χ1n) is 8.20. The van der Waals surface area contributed by atoms with Crippen LogP contribution in [0.15, 0.2) is 42.0 Å². The van der Waals surface area contributed by atoms with Gasteiger partial charge in [0.05, 0.1) is 11.0 Å². The third kappa shape index (κ3) is 3.06. The summed E-state index contributed by atoms with van der Waals surface area (Å²) in [6, 6.07) is 9.06. The maximum atomic E-state index is 12.5. The fraction of sp³-hybridized carbons (Fsp3) is 0.353. The first-order valence-corrected chi connectivity index (χ1v) is 10.1. The average molecular weight is 390 g/mol. The Morgan fingerprint density at radius 3 is 2.85 bits per heavy atom. The highest BCUT2D eigenvalue weighted by Gasteiger charge is 2.53. The smallest absolute Gasteiger partial charge is 0.407 e. The fourth-order valence-corrected chi connectivity index (χ4v) is 5.72. The molecule has 0 bridgehead atoms. The quantitative estimate of drug-likeness (QED) is 0.742. The standard InChI is InChI=1S/C17H18N4O3S2/c22-14(11-4-2-1-3-5-11)19-15-20-17(13-6-18-10-26-13)9-21(16(23)24)7-12(17)8-25-15/h1-6,10,12,15,20H,7-9H2,(H,19,22)(H,23,24)/t12-,15?,17-/m0/s1. The van der Waals surface area contributed by atoms with Gasteiger partial charge in [0.1, 0.15) is 5.50 Å². The van der Waals surface area contributed by atoms with Crippen molar-refractivity contribution < 1.29 is 14.7 Å². The Kier molecular flexibility index (Phi) is 4.60. The summed E-state index contributed by atoms with van der Waals surface area (Å²) in [4.78, 5) is 30.6. The summed E-state index contributed by atoms with van der Waals surface area (Å²) in [5.41, 5.74) is 1.54. The van der Waals surface area contributed by atoms with Gasteiger partial charge in [-0.2, -0.15) is 0 Å². The van der Waals surface area contributed by atoms with Gasteiger partial charge in [-0.15, -0.1) is 23.1 Å². The molecule has 0 radical (unpaired) electrons. The Hall–Kier alpha value is -2.10. The van der Waals surface area contributed by atoms with Gasteiger partial charge in [0, 0.05) is 41.4 Å². The Bertz CT molecular complexity index is 802. The molecule has 0 saturated carbocycles. The van der Waals surface area contributed by atoms with Crippen LogP contribution in [-0.4, -0.2) is 51.3 Å². The Labute approximate surface area is 158 Å². The van der Waals surface area contributed by atoms with Crippen molar-refractivity contribution in [3.63, 3.8) is 0 Å². The van der Waals surface area contributed by atoms with Gasteiger partial charge in [0.2, 0.25) is 0 Å².